The Labute approximate surface area is 111 Å². The molecule has 0 unspecified atom stereocenters. The lowest BCUT2D eigenvalue weighted by molar-refractivity contribution is -0.710. The third-order valence-electron chi connectivity index (χ3n) is 2.63. The number of benzene rings is 1. The Kier molecular flexibility index (Phi) is 5.12. The van der Waals surface area contributed by atoms with E-state index >= 15 is 0 Å². The second-order valence-corrected chi connectivity index (χ2v) is 4.61. The number of urea groups is 1. The first-order valence-corrected chi connectivity index (χ1v) is 5.98. The number of amides is 3. The van der Waals surface area contributed by atoms with Crippen molar-refractivity contribution in [2.24, 2.45) is 5.73 Å². The van der Waals surface area contributed by atoms with Gasteiger partial charge >= 0.3 is 6.03 Å². The minimum Gasteiger partial charge on any atom is -0.351 e. The molecular formula is C12H17ClN3O2+. The summed E-state index contributed by atoms with van der Waals surface area (Å²) >= 11 is 5.80. The Morgan fingerprint density at radius 2 is 1.83 bits per heavy atom. The third kappa shape index (κ3) is 4.35. The molecule has 0 fully saturated rings. The smallest absolute Gasteiger partial charge is 0.319 e. The molecule has 98 valence electrons. The fraction of sp³-hybridized carbons (Fsp3) is 0.333. The number of hydrogen-bond donors (Lipinski definition) is 3. The van der Waals surface area contributed by atoms with Gasteiger partial charge in [-0.1, -0.05) is 23.7 Å². The summed E-state index contributed by atoms with van der Waals surface area (Å²) in [6.45, 7) is 3.68. The SMILES string of the molecule is C[C@H]([NH2+][C@@H](C)c1ccc(Cl)cc1)C(=O)NC(N)=O. The molecule has 0 radical (unpaired) electrons. The lowest BCUT2D eigenvalue weighted by atomic mass is 10.1. The summed E-state index contributed by atoms with van der Waals surface area (Å²) in [4.78, 5) is 22.1. The summed E-state index contributed by atoms with van der Waals surface area (Å²) in [5.74, 6) is -0.400. The minimum absolute atomic E-state index is 0.0795. The number of carbonyl (C=O) groups excluding carboxylic acids is 2. The summed E-state index contributed by atoms with van der Waals surface area (Å²) in [5, 5.41) is 4.58. The highest BCUT2D eigenvalue weighted by molar-refractivity contribution is 6.30. The molecule has 3 amide bonds. The molecule has 2 atom stereocenters. The molecule has 0 aliphatic rings. The van der Waals surface area contributed by atoms with Gasteiger partial charge in [0.15, 0.2) is 6.04 Å². The normalized spacial score (nSPS) is 13.7. The quantitative estimate of drug-likeness (QED) is 0.746. The zero-order chi connectivity index (χ0) is 13.7. The number of quaternary nitrogens is 1. The summed E-state index contributed by atoms with van der Waals surface area (Å²) in [6.07, 6.45) is 0. The standard InChI is InChI=1S/C12H16ClN3O2/c1-7(9-3-5-10(13)6-4-9)15-8(2)11(17)16-12(14)18/h3-8,15H,1-2H3,(H3,14,16,17,18)/p+1/t7-,8-/m0/s1. The fourth-order valence-corrected chi connectivity index (χ4v) is 1.76. The van der Waals surface area contributed by atoms with Crippen LogP contribution in [0.3, 0.4) is 0 Å². The van der Waals surface area contributed by atoms with Gasteiger partial charge < -0.3 is 11.1 Å². The van der Waals surface area contributed by atoms with Gasteiger partial charge in [-0.3, -0.25) is 10.1 Å². The topological polar surface area (TPSA) is 88.8 Å². The van der Waals surface area contributed by atoms with E-state index in [0.717, 1.165) is 5.56 Å². The first kappa shape index (κ1) is 14.5. The van der Waals surface area contributed by atoms with Crippen LogP contribution in [-0.4, -0.2) is 18.0 Å². The van der Waals surface area contributed by atoms with Gasteiger partial charge in [-0.05, 0) is 26.0 Å². The van der Waals surface area contributed by atoms with Crippen LogP contribution in [0.1, 0.15) is 25.5 Å². The second kappa shape index (κ2) is 6.37. The van der Waals surface area contributed by atoms with Crippen molar-refractivity contribution in [3.05, 3.63) is 34.9 Å². The van der Waals surface area contributed by atoms with E-state index in [2.05, 4.69) is 5.32 Å². The monoisotopic (exact) mass is 270 g/mol. The molecular weight excluding hydrogens is 254 g/mol. The van der Waals surface area contributed by atoms with E-state index in [0.29, 0.717) is 5.02 Å². The van der Waals surface area contributed by atoms with E-state index in [-0.39, 0.29) is 6.04 Å². The van der Waals surface area contributed by atoms with E-state index in [1.165, 1.54) is 0 Å². The molecule has 1 aromatic carbocycles. The zero-order valence-electron chi connectivity index (χ0n) is 10.3. The molecule has 0 bridgehead atoms. The van der Waals surface area contributed by atoms with Gasteiger partial charge in [-0.15, -0.1) is 0 Å². The molecule has 0 aliphatic carbocycles. The van der Waals surface area contributed by atoms with Crippen LogP contribution in [0, 0.1) is 0 Å². The molecule has 0 aliphatic heterocycles. The fourth-order valence-electron chi connectivity index (χ4n) is 1.63. The molecule has 0 saturated heterocycles. The highest BCUT2D eigenvalue weighted by atomic mass is 35.5. The van der Waals surface area contributed by atoms with Crippen LogP contribution in [0.5, 0.6) is 0 Å². The number of nitrogens with two attached hydrogens (primary N) is 2. The molecule has 6 heteroatoms. The summed E-state index contributed by atoms with van der Waals surface area (Å²) < 4.78 is 0. The van der Waals surface area contributed by atoms with E-state index in [9.17, 15) is 9.59 Å². The maximum absolute atomic E-state index is 11.5. The van der Waals surface area contributed by atoms with Gasteiger partial charge in [0.1, 0.15) is 6.04 Å². The molecule has 0 spiro atoms. The van der Waals surface area contributed by atoms with Crippen molar-refractivity contribution in [3.8, 4) is 0 Å². The Balaban J connectivity index is 2.58. The number of nitrogens with one attached hydrogen (secondary N) is 1. The van der Waals surface area contributed by atoms with Crippen molar-refractivity contribution in [3.63, 3.8) is 0 Å². The number of carbonyl (C=O) groups is 2. The van der Waals surface area contributed by atoms with Gasteiger partial charge in [0, 0.05) is 10.6 Å². The van der Waals surface area contributed by atoms with E-state index in [4.69, 9.17) is 17.3 Å². The minimum atomic E-state index is -0.834. The predicted molar refractivity (Wildman–Crippen MR) is 69.0 cm³/mol. The van der Waals surface area contributed by atoms with E-state index in [1.807, 2.05) is 24.4 Å². The summed E-state index contributed by atoms with van der Waals surface area (Å²) in [5.41, 5.74) is 5.94. The lowest BCUT2D eigenvalue weighted by Gasteiger charge is -2.16. The van der Waals surface area contributed by atoms with Crippen molar-refractivity contribution in [2.45, 2.75) is 25.9 Å². The first-order valence-electron chi connectivity index (χ1n) is 5.61. The van der Waals surface area contributed by atoms with Crippen LogP contribution in [0.4, 0.5) is 4.79 Å². The van der Waals surface area contributed by atoms with Crippen LogP contribution in [0.25, 0.3) is 0 Å². The molecule has 5 nitrogen and oxygen atoms in total. The van der Waals surface area contributed by atoms with Crippen LogP contribution in [-0.2, 0) is 4.79 Å². The highest BCUT2D eigenvalue weighted by Crippen LogP contribution is 2.13. The number of primary amides is 1. The summed E-state index contributed by atoms with van der Waals surface area (Å²) in [6, 6.07) is 6.26. The maximum atomic E-state index is 11.5. The Bertz CT molecular complexity index is 433. The first-order chi connectivity index (χ1) is 8.40. The van der Waals surface area contributed by atoms with Gasteiger partial charge in [-0.25, -0.2) is 4.79 Å². The Hall–Kier alpha value is -1.59. The van der Waals surface area contributed by atoms with Crippen LogP contribution >= 0.6 is 11.6 Å². The Morgan fingerprint density at radius 1 is 1.28 bits per heavy atom. The van der Waals surface area contributed by atoms with Gasteiger partial charge in [0.2, 0.25) is 0 Å². The highest BCUT2D eigenvalue weighted by Gasteiger charge is 2.21. The van der Waals surface area contributed by atoms with Crippen molar-refractivity contribution in [1.82, 2.24) is 5.32 Å². The maximum Gasteiger partial charge on any atom is 0.319 e. The number of halogens is 1. The van der Waals surface area contributed by atoms with Crippen LogP contribution in [0.2, 0.25) is 5.02 Å². The molecule has 1 aromatic rings. The van der Waals surface area contributed by atoms with Crippen molar-refractivity contribution >= 4 is 23.5 Å². The van der Waals surface area contributed by atoms with Crippen LogP contribution in [0.15, 0.2) is 24.3 Å². The molecule has 0 aromatic heterocycles. The molecule has 18 heavy (non-hydrogen) atoms. The number of hydrogen-bond acceptors (Lipinski definition) is 2. The molecule has 0 saturated carbocycles. The largest absolute Gasteiger partial charge is 0.351 e. The number of imide groups is 1. The third-order valence-corrected chi connectivity index (χ3v) is 2.89. The molecule has 5 N–H and O–H groups in total. The lowest BCUT2D eigenvalue weighted by Crippen LogP contribution is -2.92. The van der Waals surface area contributed by atoms with Crippen molar-refractivity contribution in [2.75, 3.05) is 0 Å². The molecule has 0 heterocycles. The number of rotatable bonds is 4. The average molecular weight is 271 g/mol. The Morgan fingerprint density at radius 3 is 2.33 bits per heavy atom. The van der Waals surface area contributed by atoms with Gasteiger partial charge in [0.05, 0.1) is 0 Å². The van der Waals surface area contributed by atoms with Crippen molar-refractivity contribution in [1.29, 1.82) is 0 Å². The zero-order valence-corrected chi connectivity index (χ0v) is 11.1. The molecule has 1 rings (SSSR count). The van der Waals surface area contributed by atoms with Crippen LogP contribution < -0.4 is 16.4 Å². The van der Waals surface area contributed by atoms with Gasteiger partial charge in [-0.2, -0.15) is 0 Å². The van der Waals surface area contributed by atoms with E-state index < -0.39 is 18.0 Å². The summed E-state index contributed by atoms with van der Waals surface area (Å²) in [7, 11) is 0. The van der Waals surface area contributed by atoms with Crippen molar-refractivity contribution < 1.29 is 14.9 Å². The average Bonchev–Trinajstić information content (AvgIpc) is 2.28. The predicted octanol–water partition coefficient (Wildman–Crippen LogP) is 0.548. The van der Waals surface area contributed by atoms with Gasteiger partial charge in [0.25, 0.3) is 5.91 Å². The second-order valence-electron chi connectivity index (χ2n) is 4.17. The van der Waals surface area contributed by atoms with E-state index in [1.54, 1.807) is 19.1 Å².